The van der Waals surface area contributed by atoms with Gasteiger partial charge in [0.1, 0.15) is 5.39 Å². The summed E-state index contributed by atoms with van der Waals surface area (Å²) in [7, 11) is 1.33. The van der Waals surface area contributed by atoms with Crippen molar-refractivity contribution in [2.75, 3.05) is 12.4 Å². The SMILES string of the molecule is COC(=O)CC(C)Nc1nc2c(cnn2-c2ccccc2)c(=O)[nH]1. The Kier molecular flexibility index (Phi) is 4.28. The first-order chi connectivity index (χ1) is 11.6. The number of para-hydroxylation sites is 1. The number of nitrogens with one attached hydrogen (secondary N) is 2. The fourth-order valence-corrected chi connectivity index (χ4v) is 2.36. The zero-order valence-corrected chi connectivity index (χ0v) is 13.3. The van der Waals surface area contributed by atoms with Crippen LogP contribution in [0, 0.1) is 0 Å². The molecular weight excluding hydrogens is 310 g/mol. The van der Waals surface area contributed by atoms with Crippen LogP contribution in [0.2, 0.25) is 0 Å². The van der Waals surface area contributed by atoms with Crippen molar-refractivity contribution in [2.24, 2.45) is 0 Å². The minimum Gasteiger partial charge on any atom is -0.469 e. The Morgan fingerprint density at radius 2 is 2.12 bits per heavy atom. The number of aromatic amines is 1. The summed E-state index contributed by atoms with van der Waals surface area (Å²) in [5, 5.41) is 7.63. The summed E-state index contributed by atoms with van der Waals surface area (Å²) in [4.78, 5) is 30.6. The van der Waals surface area contributed by atoms with Crippen molar-refractivity contribution >= 4 is 23.0 Å². The van der Waals surface area contributed by atoms with Crippen LogP contribution in [-0.4, -0.2) is 38.9 Å². The first-order valence-electron chi connectivity index (χ1n) is 7.45. The molecule has 1 unspecified atom stereocenters. The van der Waals surface area contributed by atoms with Gasteiger partial charge in [-0.05, 0) is 19.1 Å². The van der Waals surface area contributed by atoms with E-state index in [1.807, 2.05) is 30.3 Å². The molecular formula is C16H17N5O3. The molecule has 8 heteroatoms. The highest BCUT2D eigenvalue weighted by Crippen LogP contribution is 2.15. The fourth-order valence-electron chi connectivity index (χ4n) is 2.36. The van der Waals surface area contributed by atoms with Gasteiger partial charge in [0.15, 0.2) is 5.65 Å². The molecule has 1 aromatic carbocycles. The van der Waals surface area contributed by atoms with Gasteiger partial charge in [0.05, 0.1) is 25.4 Å². The van der Waals surface area contributed by atoms with E-state index in [-0.39, 0.29) is 29.9 Å². The zero-order valence-electron chi connectivity index (χ0n) is 13.3. The number of aromatic nitrogens is 4. The molecule has 1 atom stereocenters. The molecule has 0 spiro atoms. The maximum absolute atomic E-state index is 12.2. The summed E-state index contributed by atoms with van der Waals surface area (Å²) in [5.74, 6) is -0.0608. The second-order valence-corrected chi connectivity index (χ2v) is 5.37. The van der Waals surface area contributed by atoms with Crippen molar-refractivity contribution in [3.63, 3.8) is 0 Å². The molecule has 2 N–H and O–H groups in total. The number of esters is 1. The van der Waals surface area contributed by atoms with Crippen LogP contribution in [0.15, 0.2) is 41.3 Å². The lowest BCUT2D eigenvalue weighted by Gasteiger charge is -2.13. The molecule has 0 aliphatic carbocycles. The van der Waals surface area contributed by atoms with Crippen molar-refractivity contribution in [3.8, 4) is 5.69 Å². The van der Waals surface area contributed by atoms with Gasteiger partial charge in [-0.2, -0.15) is 10.1 Å². The van der Waals surface area contributed by atoms with Gasteiger partial charge >= 0.3 is 5.97 Å². The molecule has 124 valence electrons. The minimum atomic E-state index is -0.340. The predicted octanol–water partition coefficient (Wildman–Crippen LogP) is 1.47. The number of benzene rings is 1. The molecule has 0 saturated carbocycles. The van der Waals surface area contributed by atoms with Crippen LogP contribution in [-0.2, 0) is 9.53 Å². The number of carbonyl (C=O) groups excluding carboxylic acids is 1. The standard InChI is InChI=1S/C16H17N5O3/c1-10(8-13(22)24-2)18-16-19-14-12(15(23)20-16)9-17-21(14)11-6-4-3-5-7-11/h3-7,9-10H,8H2,1-2H3,(H2,18,19,20,23). The van der Waals surface area contributed by atoms with E-state index in [1.165, 1.54) is 13.3 Å². The van der Waals surface area contributed by atoms with E-state index in [4.69, 9.17) is 0 Å². The predicted molar refractivity (Wildman–Crippen MR) is 89.2 cm³/mol. The van der Waals surface area contributed by atoms with Gasteiger partial charge in [-0.15, -0.1) is 0 Å². The lowest BCUT2D eigenvalue weighted by atomic mass is 10.2. The maximum atomic E-state index is 12.2. The molecule has 0 bridgehead atoms. The quantitative estimate of drug-likeness (QED) is 0.688. The van der Waals surface area contributed by atoms with Crippen molar-refractivity contribution in [1.82, 2.24) is 19.7 Å². The molecule has 8 nitrogen and oxygen atoms in total. The Balaban J connectivity index is 1.97. The van der Waals surface area contributed by atoms with E-state index in [1.54, 1.807) is 11.6 Å². The number of methoxy groups -OCH3 is 1. The summed E-state index contributed by atoms with van der Waals surface area (Å²) in [5.41, 5.74) is 0.951. The second-order valence-electron chi connectivity index (χ2n) is 5.37. The van der Waals surface area contributed by atoms with Crippen molar-refractivity contribution in [3.05, 3.63) is 46.9 Å². The van der Waals surface area contributed by atoms with Gasteiger partial charge in [-0.25, -0.2) is 4.68 Å². The fraction of sp³-hybridized carbons (Fsp3) is 0.250. The molecule has 0 saturated heterocycles. The number of H-pyrrole nitrogens is 1. The van der Waals surface area contributed by atoms with Crippen molar-refractivity contribution < 1.29 is 9.53 Å². The van der Waals surface area contributed by atoms with E-state index in [0.29, 0.717) is 11.0 Å². The molecule has 2 aromatic heterocycles. The van der Waals surface area contributed by atoms with Gasteiger partial charge in [0, 0.05) is 6.04 Å². The van der Waals surface area contributed by atoms with E-state index >= 15 is 0 Å². The zero-order chi connectivity index (χ0) is 17.1. The Morgan fingerprint density at radius 3 is 2.83 bits per heavy atom. The number of anilines is 1. The van der Waals surface area contributed by atoms with Gasteiger partial charge < -0.3 is 10.1 Å². The van der Waals surface area contributed by atoms with Crippen LogP contribution < -0.4 is 10.9 Å². The monoisotopic (exact) mass is 327 g/mol. The highest BCUT2D eigenvalue weighted by molar-refractivity contribution is 5.76. The van der Waals surface area contributed by atoms with E-state index in [9.17, 15) is 9.59 Å². The molecule has 0 radical (unpaired) electrons. The summed E-state index contributed by atoms with van der Waals surface area (Å²) < 4.78 is 6.23. The molecule has 24 heavy (non-hydrogen) atoms. The summed E-state index contributed by atoms with van der Waals surface area (Å²) in [6, 6.07) is 9.18. The number of carbonyl (C=O) groups is 1. The normalized spacial score (nSPS) is 12.1. The van der Waals surface area contributed by atoms with Gasteiger partial charge in [0.2, 0.25) is 5.95 Å². The number of hydrogen-bond donors (Lipinski definition) is 2. The van der Waals surface area contributed by atoms with Gasteiger partial charge in [-0.1, -0.05) is 18.2 Å². The van der Waals surface area contributed by atoms with Crippen LogP contribution in [0.3, 0.4) is 0 Å². The van der Waals surface area contributed by atoms with Crippen molar-refractivity contribution in [1.29, 1.82) is 0 Å². The molecule has 0 fully saturated rings. The third-order valence-corrected chi connectivity index (χ3v) is 3.52. The summed E-state index contributed by atoms with van der Waals surface area (Å²) in [6.07, 6.45) is 1.64. The number of rotatable bonds is 5. The first-order valence-corrected chi connectivity index (χ1v) is 7.45. The van der Waals surface area contributed by atoms with Crippen LogP contribution in [0.25, 0.3) is 16.7 Å². The van der Waals surface area contributed by atoms with Crippen LogP contribution >= 0.6 is 0 Å². The molecule has 2 heterocycles. The Labute approximate surface area is 137 Å². The molecule has 0 aliphatic heterocycles. The van der Waals surface area contributed by atoms with E-state index in [2.05, 4.69) is 25.1 Å². The smallest absolute Gasteiger partial charge is 0.307 e. The Morgan fingerprint density at radius 1 is 1.38 bits per heavy atom. The molecule has 3 rings (SSSR count). The van der Waals surface area contributed by atoms with E-state index < -0.39 is 0 Å². The van der Waals surface area contributed by atoms with Crippen LogP contribution in [0.5, 0.6) is 0 Å². The topological polar surface area (TPSA) is 102 Å². The van der Waals surface area contributed by atoms with Crippen LogP contribution in [0.1, 0.15) is 13.3 Å². The maximum Gasteiger partial charge on any atom is 0.307 e. The third-order valence-electron chi connectivity index (χ3n) is 3.52. The minimum absolute atomic E-state index is 0.163. The Bertz CT molecular complexity index is 916. The number of fused-ring (bicyclic) bond motifs is 1. The second kappa shape index (κ2) is 6.53. The van der Waals surface area contributed by atoms with E-state index in [0.717, 1.165) is 5.69 Å². The summed E-state index contributed by atoms with van der Waals surface area (Å²) in [6.45, 7) is 1.80. The lowest BCUT2D eigenvalue weighted by molar-refractivity contribution is -0.140. The van der Waals surface area contributed by atoms with Crippen LogP contribution in [0.4, 0.5) is 5.95 Å². The average Bonchev–Trinajstić information content (AvgIpc) is 2.99. The average molecular weight is 327 g/mol. The van der Waals surface area contributed by atoms with Crippen molar-refractivity contribution in [2.45, 2.75) is 19.4 Å². The Hall–Kier alpha value is -3.16. The number of nitrogens with zero attached hydrogens (tertiary/aromatic N) is 3. The highest BCUT2D eigenvalue weighted by Gasteiger charge is 2.14. The van der Waals surface area contributed by atoms with Gasteiger partial charge in [-0.3, -0.25) is 14.6 Å². The molecule has 0 aliphatic rings. The molecule has 3 aromatic rings. The number of ether oxygens (including phenoxy) is 1. The summed E-state index contributed by atoms with van der Waals surface area (Å²) >= 11 is 0. The third kappa shape index (κ3) is 3.12. The highest BCUT2D eigenvalue weighted by atomic mass is 16.5. The largest absolute Gasteiger partial charge is 0.469 e. The van der Waals surface area contributed by atoms with Gasteiger partial charge in [0.25, 0.3) is 5.56 Å². The molecule has 0 amide bonds. The first kappa shape index (κ1) is 15.7. The number of hydrogen-bond acceptors (Lipinski definition) is 6. The lowest BCUT2D eigenvalue weighted by Crippen LogP contribution is -2.23.